The average Bonchev–Trinajstić information content (AvgIpc) is 2.79. The van der Waals surface area contributed by atoms with Gasteiger partial charge in [-0.05, 0) is 23.8 Å². The number of carboxylic acid groups (broad SMARTS) is 2. The van der Waals surface area contributed by atoms with Crippen molar-refractivity contribution < 1.29 is 29.5 Å². The molecule has 3 rings (SSSR count). The quantitative estimate of drug-likeness (QED) is 0.559. The van der Waals surface area contributed by atoms with E-state index in [4.69, 9.17) is 5.11 Å². The van der Waals surface area contributed by atoms with Crippen molar-refractivity contribution in [1.82, 2.24) is 0 Å². The van der Waals surface area contributed by atoms with Crippen LogP contribution in [0.25, 0.3) is 11.1 Å². The molecule has 0 amide bonds. The maximum absolute atomic E-state index is 12.4. The number of carbonyl (C=O) groups is 3. The van der Waals surface area contributed by atoms with E-state index in [1.807, 2.05) is 0 Å². The second-order valence-electron chi connectivity index (χ2n) is 4.87. The van der Waals surface area contributed by atoms with E-state index < -0.39 is 22.6 Å². The number of nitro benzene ring substituents is 1. The Morgan fingerprint density at radius 3 is 2.22 bits per heavy atom. The van der Waals surface area contributed by atoms with Crippen LogP contribution in [0.3, 0.4) is 0 Å². The minimum absolute atomic E-state index is 0.0146. The van der Waals surface area contributed by atoms with Crippen LogP contribution in [0, 0.1) is 10.1 Å². The number of ketones is 1. The van der Waals surface area contributed by atoms with E-state index in [0.717, 1.165) is 24.3 Å². The maximum Gasteiger partial charge on any atom is 0.336 e. The third-order valence-electron chi connectivity index (χ3n) is 3.59. The number of aromatic carboxylic acids is 2. The molecule has 0 fully saturated rings. The molecule has 0 radical (unpaired) electrons. The van der Waals surface area contributed by atoms with Crippen molar-refractivity contribution in [1.29, 1.82) is 0 Å². The average molecular weight is 313 g/mol. The summed E-state index contributed by atoms with van der Waals surface area (Å²) in [7, 11) is 0. The summed E-state index contributed by atoms with van der Waals surface area (Å²) in [6, 6.07) is 5.57. The molecule has 0 bridgehead atoms. The fraction of sp³-hybridized carbons (Fsp3) is 0. The first-order valence-electron chi connectivity index (χ1n) is 6.29. The van der Waals surface area contributed by atoms with Gasteiger partial charge < -0.3 is 10.2 Å². The Balaban J connectivity index is 2.34. The first kappa shape index (κ1) is 14.4. The summed E-state index contributed by atoms with van der Waals surface area (Å²) in [5.74, 6) is -3.39. The molecule has 2 aromatic carbocycles. The number of nitrogens with zero attached hydrogens (tertiary/aromatic N) is 1. The van der Waals surface area contributed by atoms with Gasteiger partial charge in [0, 0.05) is 28.8 Å². The van der Waals surface area contributed by atoms with E-state index in [1.165, 1.54) is 6.07 Å². The van der Waals surface area contributed by atoms with Gasteiger partial charge in [0.25, 0.3) is 5.69 Å². The van der Waals surface area contributed by atoms with Crippen LogP contribution in [0.5, 0.6) is 0 Å². The van der Waals surface area contributed by atoms with E-state index in [9.17, 15) is 29.6 Å². The summed E-state index contributed by atoms with van der Waals surface area (Å²) in [5.41, 5.74) is -0.753. The maximum atomic E-state index is 12.4. The SMILES string of the molecule is O=C(O)c1cc(C(=O)O)c2c(c1)C(=O)c1cc([N+](=O)[O-])ccc1-2. The molecule has 8 heteroatoms. The zero-order valence-corrected chi connectivity index (χ0v) is 11.3. The van der Waals surface area contributed by atoms with Gasteiger partial charge in [0.1, 0.15) is 0 Å². The molecule has 0 spiro atoms. The normalized spacial score (nSPS) is 11.7. The van der Waals surface area contributed by atoms with Gasteiger partial charge in [0.15, 0.2) is 5.78 Å². The Morgan fingerprint density at radius 2 is 1.65 bits per heavy atom. The summed E-state index contributed by atoms with van der Waals surface area (Å²) in [6.45, 7) is 0. The topological polar surface area (TPSA) is 135 Å². The lowest BCUT2D eigenvalue weighted by Crippen LogP contribution is -2.07. The molecular formula is C15H7NO7. The zero-order valence-electron chi connectivity index (χ0n) is 11.3. The standard InChI is InChI=1S/C15H7NO7/c17-13-9-5-7(16(22)23)1-2-8(9)12-10(13)3-6(14(18)19)4-11(12)15(20)21/h1-5H,(H,18,19)(H,20,21). The molecular weight excluding hydrogens is 306 g/mol. The highest BCUT2D eigenvalue weighted by Gasteiger charge is 2.33. The van der Waals surface area contributed by atoms with E-state index in [1.54, 1.807) is 0 Å². The van der Waals surface area contributed by atoms with Crippen LogP contribution >= 0.6 is 0 Å². The molecule has 2 N–H and O–H groups in total. The number of benzene rings is 2. The van der Waals surface area contributed by atoms with Gasteiger partial charge in [-0.2, -0.15) is 0 Å². The third-order valence-corrected chi connectivity index (χ3v) is 3.59. The number of hydrogen-bond acceptors (Lipinski definition) is 5. The molecule has 0 aliphatic heterocycles. The molecule has 0 saturated carbocycles. The number of fused-ring (bicyclic) bond motifs is 3. The number of nitro groups is 1. The second kappa shape index (κ2) is 4.73. The predicted octanol–water partition coefficient (Wildman–Crippen LogP) is 2.20. The Bertz CT molecular complexity index is 930. The lowest BCUT2D eigenvalue weighted by molar-refractivity contribution is -0.384. The van der Waals surface area contributed by atoms with Crippen molar-refractivity contribution in [3.63, 3.8) is 0 Å². The van der Waals surface area contributed by atoms with Gasteiger partial charge in [-0.3, -0.25) is 14.9 Å². The first-order valence-corrected chi connectivity index (χ1v) is 6.29. The lowest BCUT2D eigenvalue weighted by atomic mass is 9.96. The monoisotopic (exact) mass is 313 g/mol. The molecule has 0 heterocycles. The van der Waals surface area contributed by atoms with Crippen LogP contribution in [0.4, 0.5) is 5.69 Å². The van der Waals surface area contributed by atoms with Gasteiger partial charge in [-0.15, -0.1) is 0 Å². The van der Waals surface area contributed by atoms with E-state index >= 15 is 0 Å². The van der Waals surface area contributed by atoms with Crippen molar-refractivity contribution in [3.8, 4) is 11.1 Å². The Kier molecular flexibility index (Phi) is 2.96. The molecule has 114 valence electrons. The Hall–Kier alpha value is -3.55. The summed E-state index contributed by atoms with van der Waals surface area (Å²) in [5, 5.41) is 29.2. The van der Waals surface area contributed by atoms with Crippen molar-refractivity contribution in [2.24, 2.45) is 0 Å². The molecule has 0 saturated heterocycles. The Morgan fingerprint density at radius 1 is 0.957 bits per heavy atom. The zero-order chi connectivity index (χ0) is 16.9. The van der Waals surface area contributed by atoms with Crippen molar-refractivity contribution in [2.45, 2.75) is 0 Å². The number of non-ortho nitro benzene ring substituents is 1. The molecule has 0 atom stereocenters. The minimum Gasteiger partial charge on any atom is -0.478 e. The van der Waals surface area contributed by atoms with Gasteiger partial charge >= 0.3 is 11.9 Å². The molecule has 1 aliphatic carbocycles. The van der Waals surface area contributed by atoms with Crippen molar-refractivity contribution in [2.75, 3.05) is 0 Å². The number of carbonyl (C=O) groups excluding carboxylic acids is 1. The van der Waals surface area contributed by atoms with Crippen LogP contribution in [0.2, 0.25) is 0 Å². The largest absolute Gasteiger partial charge is 0.478 e. The second-order valence-corrected chi connectivity index (χ2v) is 4.87. The minimum atomic E-state index is -1.39. The van der Waals surface area contributed by atoms with E-state index in [-0.39, 0.29) is 39.1 Å². The molecule has 0 unspecified atom stereocenters. The van der Waals surface area contributed by atoms with Crippen LogP contribution in [0.15, 0.2) is 30.3 Å². The van der Waals surface area contributed by atoms with Crippen LogP contribution in [0.1, 0.15) is 36.6 Å². The highest BCUT2D eigenvalue weighted by Crippen LogP contribution is 2.41. The molecule has 8 nitrogen and oxygen atoms in total. The highest BCUT2D eigenvalue weighted by molar-refractivity contribution is 6.25. The van der Waals surface area contributed by atoms with Crippen molar-refractivity contribution >= 4 is 23.4 Å². The number of hydrogen-bond donors (Lipinski definition) is 2. The summed E-state index contributed by atoms with van der Waals surface area (Å²) >= 11 is 0. The van der Waals surface area contributed by atoms with E-state index in [2.05, 4.69) is 0 Å². The molecule has 1 aliphatic rings. The first-order chi connectivity index (χ1) is 10.8. The third kappa shape index (κ3) is 2.04. The van der Waals surface area contributed by atoms with Crippen LogP contribution in [-0.2, 0) is 0 Å². The molecule has 0 aromatic heterocycles. The summed E-state index contributed by atoms with van der Waals surface area (Å²) in [6.07, 6.45) is 0. The van der Waals surface area contributed by atoms with Crippen LogP contribution in [-0.4, -0.2) is 32.9 Å². The molecule has 2 aromatic rings. The summed E-state index contributed by atoms with van der Waals surface area (Å²) in [4.78, 5) is 45.1. The van der Waals surface area contributed by atoms with Gasteiger partial charge in [-0.1, -0.05) is 0 Å². The van der Waals surface area contributed by atoms with Gasteiger partial charge in [0.2, 0.25) is 0 Å². The fourth-order valence-electron chi connectivity index (χ4n) is 2.60. The predicted molar refractivity (Wildman–Crippen MR) is 75.9 cm³/mol. The fourth-order valence-corrected chi connectivity index (χ4v) is 2.60. The van der Waals surface area contributed by atoms with Crippen LogP contribution < -0.4 is 0 Å². The highest BCUT2D eigenvalue weighted by atomic mass is 16.6. The van der Waals surface area contributed by atoms with E-state index in [0.29, 0.717) is 0 Å². The van der Waals surface area contributed by atoms with Gasteiger partial charge in [-0.25, -0.2) is 9.59 Å². The smallest absolute Gasteiger partial charge is 0.336 e. The van der Waals surface area contributed by atoms with Crippen molar-refractivity contribution in [3.05, 3.63) is 62.7 Å². The Labute approximate surface area is 127 Å². The number of carboxylic acids is 2. The molecule has 23 heavy (non-hydrogen) atoms. The van der Waals surface area contributed by atoms with Gasteiger partial charge in [0.05, 0.1) is 16.1 Å². The number of rotatable bonds is 3. The summed E-state index contributed by atoms with van der Waals surface area (Å²) < 4.78 is 0. The lowest BCUT2D eigenvalue weighted by Gasteiger charge is -2.06.